The van der Waals surface area contributed by atoms with Gasteiger partial charge < -0.3 is 24.8 Å². The fraction of sp³-hybridized carbons (Fsp3) is 0.611. The summed E-state index contributed by atoms with van der Waals surface area (Å²) < 4.78 is 17.0. The molecule has 1 aromatic rings. The topological polar surface area (TPSA) is 64.1 Å². The predicted octanol–water partition coefficient (Wildman–Crippen LogP) is 2.74. The molecule has 1 unspecified atom stereocenters. The van der Waals surface area contributed by atoms with E-state index in [1.165, 1.54) is 0 Å². The third-order valence-electron chi connectivity index (χ3n) is 4.35. The average Bonchev–Trinajstić information content (AvgIpc) is 3.04. The Bertz CT molecular complexity index is 630. The minimum Gasteiger partial charge on any atom is -0.486 e. The van der Waals surface area contributed by atoms with E-state index in [4.69, 9.17) is 25.8 Å². The fourth-order valence-corrected chi connectivity index (χ4v) is 3.30. The third kappa shape index (κ3) is 4.70. The van der Waals surface area contributed by atoms with Gasteiger partial charge in [0.1, 0.15) is 13.2 Å². The summed E-state index contributed by atoms with van der Waals surface area (Å²) in [6.07, 6.45) is 2.18. The van der Waals surface area contributed by atoms with E-state index in [-0.39, 0.29) is 5.60 Å². The number of aliphatic imine (C=N–C) groups is 1. The monoisotopic (exact) mass is 367 g/mol. The number of halogens is 1. The van der Waals surface area contributed by atoms with E-state index in [2.05, 4.69) is 22.5 Å². The minimum absolute atomic E-state index is 0.115. The molecule has 2 aliphatic rings. The maximum atomic E-state index is 6.29. The number of nitrogens with one attached hydrogen (secondary N) is 2. The van der Waals surface area contributed by atoms with Crippen LogP contribution in [0.25, 0.3) is 0 Å². The van der Waals surface area contributed by atoms with Crippen LogP contribution in [-0.2, 0) is 11.3 Å². The van der Waals surface area contributed by atoms with Gasteiger partial charge in [-0.3, -0.25) is 0 Å². The lowest BCUT2D eigenvalue weighted by atomic mass is 10.0. The second kappa shape index (κ2) is 8.15. The van der Waals surface area contributed by atoms with Crippen molar-refractivity contribution in [1.82, 2.24) is 10.6 Å². The Morgan fingerprint density at radius 1 is 1.24 bits per heavy atom. The summed E-state index contributed by atoms with van der Waals surface area (Å²) in [5.74, 6) is 2.08. The number of guanidine groups is 1. The highest BCUT2D eigenvalue weighted by Gasteiger charge is 2.29. The lowest BCUT2D eigenvalue weighted by molar-refractivity contribution is 0.0243. The molecule has 0 radical (unpaired) electrons. The van der Waals surface area contributed by atoms with Crippen LogP contribution in [0.2, 0.25) is 5.02 Å². The van der Waals surface area contributed by atoms with E-state index in [0.29, 0.717) is 36.3 Å². The van der Waals surface area contributed by atoms with Crippen molar-refractivity contribution in [3.63, 3.8) is 0 Å². The van der Waals surface area contributed by atoms with Gasteiger partial charge in [-0.1, -0.05) is 11.6 Å². The van der Waals surface area contributed by atoms with Crippen LogP contribution < -0.4 is 20.1 Å². The Morgan fingerprint density at radius 2 is 2.08 bits per heavy atom. The highest BCUT2D eigenvalue weighted by molar-refractivity contribution is 6.32. The van der Waals surface area contributed by atoms with Gasteiger partial charge in [0.2, 0.25) is 0 Å². The molecule has 1 saturated heterocycles. The zero-order chi connectivity index (χ0) is 17.7. The quantitative estimate of drug-likeness (QED) is 0.619. The molecule has 0 aliphatic carbocycles. The van der Waals surface area contributed by atoms with Crippen molar-refractivity contribution in [3.05, 3.63) is 22.7 Å². The Hall–Kier alpha value is -1.66. The van der Waals surface area contributed by atoms with E-state index in [0.717, 1.165) is 44.1 Å². The molecule has 2 aliphatic heterocycles. The molecule has 7 heteroatoms. The smallest absolute Gasteiger partial charge is 0.191 e. The molecule has 138 valence electrons. The largest absolute Gasteiger partial charge is 0.486 e. The van der Waals surface area contributed by atoms with Crippen LogP contribution in [0.3, 0.4) is 0 Å². The van der Waals surface area contributed by atoms with E-state index < -0.39 is 0 Å². The van der Waals surface area contributed by atoms with Gasteiger partial charge in [-0.05, 0) is 44.4 Å². The molecule has 1 fully saturated rings. The summed E-state index contributed by atoms with van der Waals surface area (Å²) in [5, 5.41) is 7.20. The van der Waals surface area contributed by atoms with Crippen molar-refractivity contribution in [1.29, 1.82) is 0 Å². The van der Waals surface area contributed by atoms with Gasteiger partial charge in [0.15, 0.2) is 17.5 Å². The number of nitrogens with zero attached hydrogens (tertiary/aromatic N) is 1. The lowest BCUT2D eigenvalue weighted by Gasteiger charge is -2.24. The molecule has 2 heterocycles. The molecule has 6 nitrogen and oxygen atoms in total. The average molecular weight is 368 g/mol. The van der Waals surface area contributed by atoms with Crippen molar-refractivity contribution in [3.8, 4) is 11.5 Å². The van der Waals surface area contributed by atoms with Gasteiger partial charge in [-0.25, -0.2) is 4.99 Å². The molecular formula is C18H26ClN3O3. The maximum Gasteiger partial charge on any atom is 0.191 e. The second-order valence-electron chi connectivity index (χ2n) is 6.55. The normalized spacial score (nSPS) is 22.8. The molecule has 1 atom stereocenters. The molecule has 0 saturated carbocycles. The highest BCUT2D eigenvalue weighted by atomic mass is 35.5. The first-order valence-electron chi connectivity index (χ1n) is 8.84. The molecule has 2 N–H and O–H groups in total. The summed E-state index contributed by atoms with van der Waals surface area (Å²) in [6, 6.07) is 3.82. The molecule has 0 spiro atoms. The van der Waals surface area contributed by atoms with Crippen molar-refractivity contribution in [2.24, 2.45) is 4.99 Å². The summed E-state index contributed by atoms with van der Waals surface area (Å²) in [7, 11) is 0. The van der Waals surface area contributed by atoms with E-state index >= 15 is 0 Å². The molecule has 0 bridgehead atoms. The Morgan fingerprint density at radius 3 is 2.84 bits per heavy atom. The molecular weight excluding hydrogens is 342 g/mol. The van der Waals surface area contributed by atoms with E-state index in [1.807, 2.05) is 19.1 Å². The van der Waals surface area contributed by atoms with Gasteiger partial charge in [0, 0.05) is 19.7 Å². The Kier molecular flexibility index (Phi) is 5.91. The molecule has 1 aromatic carbocycles. The zero-order valence-electron chi connectivity index (χ0n) is 14.9. The summed E-state index contributed by atoms with van der Waals surface area (Å²) in [6.45, 7) is 8.12. The summed E-state index contributed by atoms with van der Waals surface area (Å²) in [4.78, 5) is 4.65. The first-order valence-corrected chi connectivity index (χ1v) is 9.21. The van der Waals surface area contributed by atoms with Crippen molar-refractivity contribution in [2.45, 2.75) is 38.8 Å². The van der Waals surface area contributed by atoms with Gasteiger partial charge in [0.05, 0.1) is 17.2 Å². The SMILES string of the molecule is CCNC(=NCc1cc(Cl)c2c(c1)OCCO2)NCC1(C)CCCO1. The first-order chi connectivity index (χ1) is 12.1. The van der Waals surface area contributed by atoms with Crippen LogP contribution in [0.15, 0.2) is 17.1 Å². The standard InChI is InChI=1S/C18H26ClN3O3/c1-3-20-17(22-12-18(2)5-4-6-25-18)21-11-13-9-14(19)16-15(10-13)23-7-8-24-16/h9-10H,3-8,11-12H2,1-2H3,(H2,20,21,22). The first kappa shape index (κ1) is 18.1. The zero-order valence-corrected chi connectivity index (χ0v) is 15.6. The number of benzene rings is 1. The van der Waals surface area contributed by atoms with E-state index in [1.54, 1.807) is 0 Å². The summed E-state index contributed by atoms with van der Waals surface area (Å²) in [5.41, 5.74) is 0.867. The second-order valence-corrected chi connectivity index (χ2v) is 6.96. The summed E-state index contributed by atoms with van der Waals surface area (Å²) >= 11 is 6.29. The fourth-order valence-electron chi connectivity index (χ4n) is 3.01. The van der Waals surface area contributed by atoms with Crippen molar-refractivity contribution >= 4 is 17.6 Å². The molecule has 0 amide bonds. The highest BCUT2D eigenvalue weighted by Crippen LogP contribution is 2.38. The van der Waals surface area contributed by atoms with Crippen LogP contribution in [0, 0.1) is 0 Å². The van der Waals surface area contributed by atoms with Gasteiger partial charge >= 0.3 is 0 Å². The molecule has 3 rings (SSSR count). The van der Waals surface area contributed by atoms with Crippen LogP contribution in [0.5, 0.6) is 11.5 Å². The van der Waals surface area contributed by atoms with Crippen LogP contribution in [0.1, 0.15) is 32.3 Å². The Labute approximate surface area is 153 Å². The minimum atomic E-state index is -0.115. The number of fused-ring (bicyclic) bond motifs is 1. The number of hydrogen-bond donors (Lipinski definition) is 2. The predicted molar refractivity (Wildman–Crippen MR) is 98.9 cm³/mol. The Balaban J connectivity index is 1.65. The van der Waals surface area contributed by atoms with Gasteiger partial charge in [0.25, 0.3) is 0 Å². The number of ether oxygens (including phenoxy) is 3. The van der Waals surface area contributed by atoms with Crippen LogP contribution >= 0.6 is 11.6 Å². The number of hydrogen-bond acceptors (Lipinski definition) is 4. The van der Waals surface area contributed by atoms with Crippen LogP contribution in [-0.4, -0.2) is 44.5 Å². The van der Waals surface area contributed by atoms with Crippen molar-refractivity contribution in [2.75, 3.05) is 32.9 Å². The maximum absolute atomic E-state index is 6.29. The third-order valence-corrected chi connectivity index (χ3v) is 4.63. The van der Waals surface area contributed by atoms with Crippen LogP contribution in [0.4, 0.5) is 0 Å². The molecule has 0 aromatic heterocycles. The number of rotatable bonds is 5. The van der Waals surface area contributed by atoms with E-state index in [9.17, 15) is 0 Å². The van der Waals surface area contributed by atoms with Crippen molar-refractivity contribution < 1.29 is 14.2 Å². The lowest BCUT2D eigenvalue weighted by Crippen LogP contribution is -2.45. The van der Waals surface area contributed by atoms with Gasteiger partial charge in [-0.15, -0.1) is 0 Å². The molecule has 25 heavy (non-hydrogen) atoms. The van der Waals surface area contributed by atoms with Gasteiger partial charge in [-0.2, -0.15) is 0 Å².